The fourth-order valence-electron chi connectivity index (χ4n) is 2.98. The molecule has 0 saturated heterocycles. The van der Waals surface area contributed by atoms with Crippen molar-refractivity contribution in [1.82, 2.24) is 9.97 Å². The molecule has 3 N–H and O–H groups in total. The first-order valence-electron chi connectivity index (χ1n) is 7.91. The lowest BCUT2D eigenvalue weighted by molar-refractivity contribution is 0.462. The van der Waals surface area contributed by atoms with Crippen LogP contribution in [0.1, 0.15) is 32.1 Å². The van der Waals surface area contributed by atoms with Crippen molar-refractivity contribution in [3.05, 3.63) is 36.7 Å². The molecule has 1 aliphatic rings. The Morgan fingerprint density at radius 2 is 1.82 bits per heavy atom. The van der Waals surface area contributed by atoms with E-state index >= 15 is 0 Å². The zero-order valence-electron chi connectivity index (χ0n) is 13.0. The molecule has 1 aromatic heterocycles. The Morgan fingerprint density at radius 1 is 1.09 bits per heavy atom. The molecule has 0 bridgehead atoms. The monoisotopic (exact) mass is 297 g/mol. The number of benzene rings is 1. The fraction of sp³-hybridized carbons (Fsp3) is 0.412. The summed E-state index contributed by atoms with van der Waals surface area (Å²) in [5.74, 6) is 1.49. The van der Waals surface area contributed by atoms with Crippen molar-refractivity contribution in [3.63, 3.8) is 0 Å². The molecular formula is C17H23N5. The summed E-state index contributed by atoms with van der Waals surface area (Å²) in [5, 5.41) is 3.49. The van der Waals surface area contributed by atoms with Gasteiger partial charge in [-0.15, -0.1) is 0 Å². The summed E-state index contributed by atoms with van der Waals surface area (Å²) >= 11 is 0. The zero-order chi connectivity index (χ0) is 15.4. The molecule has 2 aromatic rings. The zero-order valence-corrected chi connectivity index (χ0v) is 13.0. The first-order chi connectivity index (χ1) is 10.8. The molecule has 22 heavy (non-hydrogen) atoms. The van der Waals surface area contributed by atoms with Gasteiger partial charge in [-0.3, -0.25) is 0 Å². The van der Waals surface area contributed by atoms with Crippen molar-refractivity contribution < 1.29 is 0 Å². The van der Waals surface area contributed by atoms with E-state index in [1.165, 1.54) is 32.1 Å². The number of nitrogen functional groups attached to an aromatic ring is 1. The van der Waals surface area contributed by atoms with Crippen LogP contribution in [0.3, 0.4) is 0 Å². The summed E-state index contributed by atoms with van der Waals surface area (Å²) in [6, 6.07) is 10.6. The minimum Gasteiger partial charge on any atom is -0.393 e. The molecule has 0 atom stereocenters. The predicted molar refractivity (Wildman–Crippen MR) is 91.4 cm³/mol. The molecule has 3 rings (SSSR count). The molecule has 1 heterocycles. The first-order valence-corrected chi connectivity index (χ1v) is 7.91. The fourth-order valence-corrected chi connectivity index (χ4v) is 2.98. The number of hydrogen-bond donors (Lipinski definition) is 2. The van der Waals surface area contributed by atoms with E-state index in [0.717, 1.165) is 17.3 Å². The molecule has 1 saturated carbocycles. The molecule has 5 heteroatoms. The molecule has 1 aliphatic carbocycles. The normalized spacial score (nSPS) is 15.5. The van der Waals surface area contributed by atoms with Crippen LogP contribution in [-0.4, -0.2) is 23.1 Å². The van der Waals surface area contributed by atoms with Gasteiger partial charge in [0.2, 0.25) is 0 Å². The van der Waals surface area contributed by atoms with Gasteiger partial charge in [-0.05, 0) is 25.0 Å². The molecule has 0 aliphatic heterocycles. The average Bonchev–Trinajstić information content (AvgIpc) is 2.58. The summed E-state index contributed by atoms with van der Waals surface area (Å²) in [6.07, 6.45) is 7.84. The standard InChI is InChI=1S/C17H23N5/c1-22(14-10-6-3-7-11-14)17-15(18)16(19-12-20-17)21-13-8-4-2-5-9-13/h3,6-7,10-13H,2,4-5,8-9,18H2,1H3,(H,19,20,21). The molecule has 0 spiro atoms. The number of para-hydroxylation sites is 1. The van der Waals surface area contributed by atoms with Crippen LogP contribution < -0.4 is 16.0 Å². The van der Waals surface area contributed by atoms with E-state index in [4.69, 9.17) is 5.73 Å². The molecule has 0 unspecified atom stereocenters. The quantitative estimate of drug-likeness (QED) is 0.903. The Labute approximate surface area is 131 Å². The Bertz CT molecular complexity index is 608. The van der Waals surface area contributed by atoms with Gasteiger partial charge < -0.3 is 16.0 Å². The maximum Gasteiger partial charge on any atom is 0.161 e. The van der Waals surface area contributed by atoms with Gasteiger partial charge >= 0.3 is 0 Å². The largest absolute Gasteiger partial charge is 0.393 e. The van der Waals surface area contributed by atoms with Gasteiger partial charge in [-0.2, -0.15) is 0 Å². The van der Waals surface area contributed by atoms with Crippen LogP contribution in [0.5, 0.6) is 0 Å². The maximum absolute atomic E-state index is 6.31. The van der Waals surface area contributed by atoms with Crippen LogP contribution in [0.2, 0.25) is 0 Å². The Kier molecular flexibility index (Phi) is 4.42. The highest BCUT2D eigenvalue weighted by Gasteiger charge is 2.18. The predicted octanol–water partition coefficient (Wildman–Crippen LogP) is 3.57. The maximum atomic E-state index is 6.31. The third-order valence-corrected chi connectivity index (χ3v) is 4.27. The van der Waals surface area contributed by atoms with Crippen molar-refractivity contribution in [2.45, 2.75) is 38.1 Å². The minimum atomic E-state index is 0.473. The van der Waals surface area contributed by atoms with Crippen molar-refractivity contribution in [2.75, 3.05) is 23.0 Å². The summed E-state index contributed by atoms with van der Waals surface area (Å²) in [6.45, 7) is 0. The van der Waals surface area contributed by atoms with Crippen molar-refractivity contribution >= 4 is 23.0 Å². The Hall–Kier alpha value is -2.30. The first kappa shape index (κ1) is 14.6. The van der Waals surface area contributed by atoms with Gasteiger partial charge in [0, 0.05) is 18.8 Å². The Balaban J connectivity index is 1.82. The van der Waals surface area contributed by atoms with Gasteiger partial charge in [-0.1, -0.05) is 37.5 Å². The van der Waals surface area contributed by atoms with Crippen LogP contribution in [0.15, 0.2) is 36.7 Å². The summed E-state index contributed by atoms with van der Waals surface area (Å²) in [5.41, 5.74) is 7.97. The van der Waals surface area contributed by atoms with Gasteiger partial charge in [0.25, 0.3) is 0 Å². The van der Waals surface area contributed by atoms with Gasteiger partial charge in [0.1, 0.15) is 12.0 Å². The molecule has 1 fully saturated rings. The molecule has 0 amide bonds. The van der Waals surface area contributed by atoms with Gasteiger partial charge in [-0.25, -0.2) is 9.97 Å². The van der Waals surface area contributed by atoms with E-state index in [2.05, 4.69) is 15.3 Å². The van der Waals surface area contributed by atoms with E-state index in [-0.39, 0.29) is 0 Å². The molecule has 0 radical (unpaired) electrons. The number of anilines is 4. The van der Waals surface area contributed by atoms with E-state index < -0.39 is 0 Å². The lowest BCUT2D eigenvalue weighted by Gasteiger charge is -2.25. The van der Waals surface area contributed by atoms with Crippen LogP contribution >= 0.6 is 0 Å². The highest BCUT2D eigenvalue weighted by atomic mass is 15.2. The number of nitrogens with one attached hydrogen (secondary N) is 1. The second-order valence-electron chi connectivity index (χ2n) is 5.83. The average molecular weight is 297 g/mol. The highest BCUT2D eigenvalue weighted by molar-refractivity contribution is 5.78. The van der Waals surface area contributed by atoms with E-state index in [1.807, 2.05) is 42.3 Å². The SMILES string of the molecule is CN(c1ccccc1)c1ncnc(NC2CCCCC2)c1N. The Morgan fingerprint density at radius 3 is 2.55 bits per heavy atom. The summed E-state index contributed by atoms with van der Waals surface area (Å²) < 4.78 is 0. The van der Waals surface area contributed by atoms with Crippen molar-refractivity contribution in [1.29, 1.82) is 0 Å². The van der Waals surface area contributed by atoms with Crippen molar-refractivity contribution in [3.8, 4) is 0 Å². The van der Waals surface area contributed by atoms with Crippen molar-refractivity contribution in [2.24, 2.45) is 0 Å². The third kappa shape index (κ3) is 3.13. The molecular weight excluding hydrogens is 274 g/mol. The highest BCUT2D eigenvalue weighted by Crippen LogP contribution is 2.31. The lowest BCUT2D eigenvalue weighted by Crippen LogP contribution is -2.24. The van der Waals surface area contributed by atoms with Gasteiger partial charge in [0.15, 0.2) is 11.6 Å². The second kappa shape index (κ2) is 6.64. The minimum absolute atomic E-state index is 0.473. The molecule has 5 nitrogen and oxygen atoms in total. The van der Waals surface area contributed by atoms with E-state index in [9.17, 15) is 0 Å². The summed E-state index contributed by atoms with van der Waals surface area (Å²) in [4.78, 5) is 10.7. The molecule has 116 valence electrons. The number of nitrogens with two attached hydrogens (primary N) is 1. The smallest absolute Gasteiger partial charge is 0.161 e. The number of aromatic nitrogens is 2. The van der Waals surface area contributed by atoms with Crippen LogP contribution in [-0.2, 0) is 0 Å². The number of hydrogen-bond acceptors (Lipinski definition) is 5. The lowest BCUT2D eigenvalue weighted by atomic mass is 9.95. The second-order valence-corrected chi connectivity index (χ2v) is 5.83. The number of rotatable bonds is 4. The van der Waals surface area contributed by atoms with Gasteiger partial charge in [0.05, 0.1) is 0 Å². The third-order valence-electron chi connectivity index (χ3n) is 4.27. The van der Waals surface area contributed by atoms with Crippen LogP contribution in [0, 0.1) is 0 Å². The number of nitrogens with zero attached hydrogens (tertiary/aromatic N) is 3. The topological polar surface area (TPSA) is 67.1 Å². The summed E-state index contributed by atoms with van der Waals surface area (Å²) in [7, 11) is 1.97. The van der Waals surface area contributed by atoms with E-state index in [1.54, 1.807) is 6.33 Å². The van der Waals surface area contributed by atoms with E-state index in [0.29, 0.717) is 11.7 Å². The van der Waals surface area contributed by atoms with Crippen LogP contribution in [0.4, 0.5) is 23.0 Å². The molecule has 1 aromatic carbocycles. The van der Waals surface area contributed by atoms with Crippen LogP contribution in [0.25, 0.3) is 0 Å².